The highest BCUT2D eigenvalue weighted by molar-refractivity contribution is 5.69. The molecule has 0 spiro atoms. The summed E-state index contributed by atoms with van der Waals surface area (Å²) in [5.41, 5.74) is 0. The number of carbonyl (C=O) groups is 2. The van der Waals surface area contributed by atoms with Gasteiger partial charge >= 0.3 is 11.9 Å². The fourth-order valence-electron chi connectivity index (χ4n) is 2.17. The van der Waals surface area contributed by atoms with Gasteiger partial charge in [0.25, 0.3) is 0 Å². The lowest BCUT2D eigenvalue weighted by molar-refractivity contribution is -0.140. The number of nitrogens with zero attached hydrogens (tertiary/aromatic N) is 3. The molecule has 1 fully saturated rings. The lowest BCUT2D eigenvalue weighted by Crippen LogP contribution is -2.47. The Kier molecular flexibility index (Phi) is 5.52. The van der Waals surface area contributed by atoms with E-state index in [4.69, 9.17) is 10.2 Å². The molecule has 0 aromatic carbocycles. The Balaban J connectivity index is 2.63. The van der Waals surface area contributed by atoms with E-state index in [1.165, 1.54) is 0 Å². The third-order valence-corrected chi connectivity index (χ3v) is 3.16. The number of hydrogen-bond acceptors (Lipinski definition) is 5. The van der Waals surface area contributed by atoms with E-state index in [0.29, 0.717) is 13.1 Å². The van der Waals surface area contributed by atoms with Gasteiger partial charge in [-0.25, -0.2) is 0 Å². The van der Waals surface area contributed by atoms with Crippen molar-refractivity contribution in [1.82, 2.24) is 14.7 Å². The van der Waals surface area contributed by atoms with Crippen molar-refractivity contribution in [2.75, 3.05) is 53.4 Å². The van der Waals surface area contributed by atoms with Gasteiger partial charge < -0.3 is 15.1 Å². The maximum atomic E-state index is 10.8. The predicted molar refractivity (Wildman–Crippen MR) is 65.6 cm³/mol. The minimum Gasteiger partial charge on any atom is -0.480 e. The summed E-state index contributed by atoms with van der Waals surface area (Å²) in [6, 6.07) is 0.0351. The summed E-state index contributed by atoms with van der Waals surface area (Å²) in [5, 5.41) is 17.6. The van der Waals surface area contributed by atoms with Crippen molar-refractivity contribution in [2.45, 2.75) is 6.04 Å². The Hall–Kier alpha value is -1.18. The maximum Gasteiger partial charge on any atom is 0.317 e. The summed E-state index contributed by atoms with van der Waals surface area (Å²) in [6.07, 6.45) is 0. The van der Waals surface area contributed by atoms with Gasteiger partial charge in [0.05, 0.1) is 13.1 Å². The Morgan fingerprint density at radius 1 is 1.22 bits per heavy atom. The summed E-state index contributed by atoms with van der Waals surface area (Å²) in [4.78, 5) is 27.2. The Morgan fingerprint density at radius 3 is 2.44 bits per heavy atom. The summed E-state index contributed by atoms with van der Waals surface area (Å²) >= 11 is 0. The molecule has 7 nitrogen and oxygen atoms in total. The van der Waals surface area contributed by atoms with Gasteiger partial charge in [-0.3, -0.25) is 19.4 Å². The molecule has 0 aromatic rings. The van der Waals surface area contributed by atoms with Gasteiger partial charge in [0.2, 0.25) is 0 Å². The molecule has 7 heteroatoms. The molecule has 1 aliphatic heterocycles. The van der Waals surface area contributed by atoms with Crippen LogP contribution in [-0.4, -0.2) is 96.3 Å². The molecule has 0 saturated carbocycles. The van der Waals surface area contributed by atoms with Gasteiger partial charge in [0.15, 0.2) is 0 Å². The second-order valence-corrected chi connectivity index (χ2v) is 4.85. The first-order chi connectivity index (χ1) is 8.38. The second-order valence-electron chi connectivity index (χ2n) is 4.85. The summed E-state index contributed by atoms with van der Waals surface area (Å²) in [7, 11) is 3.72. The van der Waals surface area contributed by atoms with Crippen molar-refractivity contribution in [2.24, 2.45) is 0 Å². The van der Waals surface area contributed by atoms with E-state index in [2.05, 4.69) is 4.90 Å². The molecule has 104 valence electrons. The zero-order valence-electron chi connectivity index (χ0n) is 10.9. The van der Waals surface area contributed by atoms with Crippen molar-refractivity contribution >= 4 is 11.9 Å². The van der Waals surface area contributed by atoms with Crippen LogP contribution in [0.4, 0.5) is 0 Å². The highest BCUT2D eigenvalue weighted by Gasteiger charge is 2.25. The molecular formula is C11H21N3O4. The van der Waals surface area contributed by atoms with E-state index in [1.54, 1.807) is 11.9 Å². The molecule has 0 bridgehead atoms. The lowest BCUT2D eigenvalue weighted by Gasteiger charge is -2.29. The molecule has 0 radical (unpaired) electrons. The molecule has 0 aromatic heterocycles. The van der Waals surface area contributed by atoms with E-state index in [-0.39, 0.29) is 19.1 Å². The van der Waals surface area contributed by atoms with Crippen LogP contribution in [0.2, 0.25) is 0 Å². The average Bonchev–Trinajstić information content (AvgIpc) is 2.39. The molecule has 1 rings (SSSR count). The molecule has 2 N–H and O–H groups in total. The van der Waals surface area contributed by atoms with Crippen molar-refractivity contribution in [3.05, 3.63) is 0 Å². The first-order valence-corrected chi connectivity index (χ1v) is 5.93. The number of rotatable bonds is 5. The van der Waals surface area contributed by atoms with Crippen molar-refractivity contribution in [1.29, 1.82) is 0 Å². The summed E-state index contributed by atoms with van der Waals surface area (Å²) in [5.74, 6) is -1.71. The minimum atomic E-state index is -0.866. The third-order valence-electron chi connectivity index (χ3n) is 3.16. The van der Waals surface area contributed by atoms with Gasteiger partial charge in [0, 0.05) is 32.2 Å². The smallest absolute Gasteiger partial charge is 0.317 e. The van der Waals surface area contributed by atoms with Crippen LogP contribution < -0.4 is 0 Å². The van der Waals surface area contributed by atoms with Gasteiger partial charge in [0.1, 0.15) is 0 Å². The first-order valence-electron chi connectivity index (χ1n) is 5.93. The number of hydrogen-bond donors (Lipinski definition) is 2. The molecule has 1 atom stereocenters. The number of carboxylic acids is 2. The maximum absolute atomic E-state index is 10.8. The molecule has 18 heavy (non-hydrogen) atoms. The van der Waals surface area contributed by atoms with Crippen LogP contribution >= 0.6 is 0 Å². The van der Waals surface area contributed by atoms with Crippen molar-refractivity contribution < 1.29 is 19.8 Å². The molecule has 1 aliphatic rings. The van der Waals surface area contributed by atoms with Crippen LogP contribution in [0.25, 0.3) is 0 Å². The number of likely N-dealkylation sites (N-methyl/N-ethyl adjacent to an activating group) is 2. The largest absolute Gasteiger partial charge is 0.480 e. The van der Waals surface area contributed by atoms with E-state index in [1.807, 2.05) is 11.9 Å². The molecule has 0 amide bonds. The molecule has 0 aliphatic carbocycles. The van der Waals surface area contributed by atoms with Crippen LogP contribution in [0.1, 0.15) is 0 Å². The SMILES string of the molecule is CN1CCN(CC(=O)O)CC(N(C)CC(=O)O)C1. The van der Waals surface area contributed by atoms with E-state index < -0.39 is 11.9 Å². The van der Waals surface area contributed by atoms with Gasteiger partial charge in [-0.1, -0.05) is 0 Å². The highest BCUT2D eigenvalue weighted by atomic mass is 16.4. The van der Waals surface area contributed by atoms with Gasteiger partial charge in [-0.05, 0) is 14.1 Å². The topological polar surface area (TPSA) is 84.3 Å². The fraction of sp³-hybridized carbons (Fsp3) is 0.818. The zero-order chi connectivity index (χ0) is 13.7. The summed E-state index contributed by atoms with van der Waals surface area (Å²) < 4.78 is 0. The molecule has 1 heterocycles. The average molecular weight is 259 g/mol. The van der Waals surface area contributed by atoms with Crippen LogP contribution in [0.3, 0.4) is 0 Å². The quantitative estimate of drug-likeness (QED) is 0.635. The van der Waals surface area contributed by atoms with E-state index >= 15 is 0 Å². The summed E-state index contributed by atoms with van der Waals surface area (Å²) in [6.45, 7) is 2.80. The standard InChI is InChI=1S/C11H21N3O4/c1-12-3-4-14(8-11(17)18)6-9(5-12)13(2)7-10(15)16/h9H,3-8H2,1-2H3,(H,15,16)(H,17,18). The van der Waals surface area contributed by atoms with Gasteiger partial charge in [-0.15, -0.1) is 0 Å². The van der Waals surface area contributed by atoms with E-state index in [9.17, 15) is 9.59 Å². The third kappa shape index (κ3) is 4.99. The number of aliphatic carboxylic acids is 2. The Morgan fingerprint density at radius 2 is 1.89 bits per heavy atom. The lowest BCUT2D eigenvalue weighted by atomic mass is 10.2. The minimum absolute atomic E-state index is 0.00521. The predicted octanol–water partition coefficient (Wildman–Crippen LogP) is -1.30. The highest BCUT2D eigenvalue weighted by Crippen LogP contribution is 2.07. The second kappa shape index (κ2) is 6.67. The first kappa shape index (κ1) is 14.9. The van der Waals surface area contributed by atoms with Crippen molar-refractivity contribution in [3.63, 3.8) is 0 Å². The van der Waals surface area contributed by atoms with Crippen LogP contribution in [0.5, 0.6) is 0 Å². The Bertz CT molecular complexity index is 311. The molecule has 1 unspecified atom stereocenters. The molecular weight excluding hydrogens is 238 g/mol. The Labute approximate surface area is 107 Å². The fourth-order valence-corrected chi connectivity index (χ4v) is 2.17. The number of carboxylic acid groups (broad SMARTS) is 2. The van der Waals surface area contributed by atoms with Crippen LogP contribution in [-0.2, 0) is 9.59 Å². The van der Waals surface area contributed by atoms with Crippen molar-refractivity contribution in [3.8, 4) is 0 Å². The molecule has 1 saturated heterocycles. The normalized spacial score (nSPS) is 22.9. The van der Waals surface area contributed by atoms with Crippen LogP contribution in [0, 0.1) is 0 Å². The van der Waals surface area contributed by atoms with Crippen LogP contribution in [0.15, 0.2) is 0 Å². The van der Waals surface area contributed by atoms with E-state index in [0.717, 1.165) is 13.1 Å². The zero-order valence-corrected chi connectivity index (χ0v) is 10.9. The monoisotopic (exact) mass is 259 g/mol. The van der Waals surface area contributed by atoms with Gasteiger partial charge in [-0.2, -0.15) is 0 Å².